The van der Waals surface area contributed by atoms with Gasteiger partial charge in [-0.15, -0.1) is 0 Å². The van der Waals surface area contributed by atoms with Gasteiger partial charge in [0.25, 0.3) is 0 Å². The van der Waals surface area contributed by atoms with Crippen molar-refractivity contribution in [1.29, 1.82) is 0 Å². The lowest BCUT2D eigenvalue weighted by Crippen LogP contribution is -2.42. The number of nitrogens with zero attached hydrogens (tertiary/aromatic N) is 1. The number of hydrogen-bond acceptors (Lipinski definition) is 3. The number of piperidine rings is 1. The summed E-state index contributed by atoms with van der Waals surface area (Å²) >= 11 is 0. The summed E-state index contributed by atoms with van der Waals surface area (Å²) < 4.78 is 5.20. The van der Waals surface area contributed by atoms with Crippen LogP contribution in [-0.2, 0) is 9.59 Å². The molecule has 5 nitrogen and oxygen atoms in total. The summed E-state index contributed by atoms with van der Waals surface area (Å²) in [5.74, 6) is 0.646. The summed E-state index contributed by atoms with van der Waals surface area (Å²) in [6.45, 7) is 1.60. The summed E-state index contributed by atoms with van der Waals surface area (Å²) in [6.07, 6.45) is 4.68. The van der Waals surface area contributed by atoms with Gasteiger partial charge in [-0.2, -0.15) is 0 Å². The van der Waals surface area contributed by atoms with Crippen LogP contribution in [0.3, 0.4) is 0 Å². The molecule has 0 aromatic heterocycles. The van der Waals surface area contributed by atoms with E-state index in [4.69, 9.17) is 9.84 Å². The Bertz CT molecular complexity index is 597. The molecule has 0 atom stereocenters. The zero-order valence-electron chi connectivity index (χ0n) is 14.8. The van der Waals surface area contributed by atoms with Gasteiger partial charge in [0.1, 0.15) is 5.75 Å². The van der Waals surface area contributed by atoms with Crippen LogP contribution in [0, 0.1) is 11.8 Å². The third-order valence-electron chi connectivity index (χ3n) is 5.82. The molecule has 3 rings (SSSR count). The first-order valence-corrected chi connectivity index (χ1v) is 9.24. The van der Waals surface area contributed by atoms with Crippen LogP contribution in [0.25, 0.3) is 0 Å². The Balaban J connectivity index is 1.50. The van der Waals surface area contributed by atoms with Crippen molar-refractivity contribution >= 4 is 11.9 Å². The maximum atomic E-state index is 12.7. The first-order chi connectivity index (χ1) is 12.1. The van der Waals surface area contributed by atoms with Crippen LogP contribution in [0.2, 0.25) is 0 Å². The van der Waals surface area contributed by atoms with E-state index in [-0.39, 0.29) is 17.7 Å². The zero-order chi connectivity index (χ0) is 17.8. The highest BCUT2D eigenvalue weighted by atomic mass is 16.5. The number of amides is 1. The van der Waals surface area contributed by atoms with Crippen LogP contribution in [-0.4, -0.2) is 42.1 Å². The van der Waals surface area contributed by atoms with Crippen molar-refractivity contribution in [3.8, 4) is 5.75 Å². The van der Waals surface area contributed by atoms with E-state index in [1.54, 1.807) is 7.11 Å². The molecule has 1 aromatic carbocycles. The topological polar surface area (TPSA) is 66.8 Å². The molecule has 0 radical (unpaired) electrons. The summed E-state index contributed by atoms with van der Waals surface area (Å²) in [4.78, 5) is 25.8. The van der Waals surface area contributed by atoms with Gasteiger partial charge >= 0.3 is 5.97 Å². The van der Waals surface area contributed by atoms with Gasteiger partial charge in [-0.25, -0.2) is 0 Å². The lowest BCUT2D eigenvalue weighted by molar-refractivity contribution is -0.146. The molecule has 1 aliphatic heterocycles. The number of carboxylic acids is 1. The van der Waals surface area contributed by atoms with Crippen LogP contribution in [0.1, 0.15) is 50.0 Å². The number of methoxy groups -OCH3 is 1. The normalized spacial score (nSPS) is 24.8. The maximum absolute atomic E-state index is 12.7. The second-order valence-corrected chi connectivity index (χ2v) is 7.26. The molecule has 1 amide bonds. The van der Waals surface area contributed by atoms with Gasteiger partial charge in [0.05, 0.1) is 13.0 Å². The smallest absolute Gasteiger partial charge is 0.306 e. The molecule has 0 unspecified atom stereocenters. The van der Waals surface area contributed by atoms with Crippen LogP contribution >= 0.6 is 0 Å². The van der Waals surface area contributed by atoms with Crippen molar-refractivity contribution in [3.05, 3.63) is 29.8 Å². The van der Waals surface area contributed by atoms with Gasteiger partial charge < -0.3 is 14.7 Å². The molecule has 1 heterocycles. The Kier molecular flexibility index (Phi) is 5.61. The number of aliphatic carboxylic acids is 1. The number of hydrogen-bond donors (Lipinski definition) is 1. The van der Waals surface area contributed by atoms with E-state index in [1.807, 2.05) is 17.0 Å². The second kappa shape index (κ2) is 7.89. The van der Waals surface area contributed by atoms with Crippen molar-refractivity contribution in [2.75, 3.05) is 20.2 Å². The fourth-order valence-corrected chi connectivity index (χ4v) is 4.15. The molecule has 1 saturated heterocycles. The predicted molar refractivity (Wildman–Crippen MR) is 94.6 cm³/mol. The standard InChI is InChI=1S/C20H27NO4/c1-25-18-8-6-14(7-9-18)15-10-12-21(13-11-15)19(22)16-2-4-17(5-3-16)20(23)24/h6-9,15-17H,2-5,10-13H2,1H3,(H,23,24). The quantitative estimate of drug-likeness (QED) is 0.909. The van der Waals surface area contributed by atoms with Gasteiger partial charge in [0.2, 0.25) is 5.91 Å². The lowest BCUT2D eigenvalue weighted by atomic mass is 9.81. The molecule has 1 saturated carbocycles. The van der Waals surface area contributed by atoms with Crippen molar-refractivity contribution in [2.24, 2.45) is 11.8 Å². The first kappa shape index (κ1) is 17.8. The molecular weight excluding hydrogens is 318 g/mol. The average molecular weight is 345 g/mol. The van der Waals surface area contributed by atoms with Crippen LogP contribution in [0.5, 0.6) is 5.75 Å². The molecular formula is C20H27NO4. The van der Waals surface area contributed by atoms with Gasteiger partial charge in [-0.1, -0.05) is 12.1 Å². The van der Waals surface area contributed by atoms with E-state index in [0.29, 0.717) is 31.6 Å². The minimum Gasteiger partial charge on any atom is -0.497 e. The summed E-state index contributed by atoms with van der Waals surface area (Å²) in [6, 6.07) is 8.23. The van der Waals surface area contributed by atoms with Crippen LogP contribution < -0.4 is 4.74 Å². The summed E-state index contributed by atoms with van der Waals surface area (Å²) in [5, 5.41) is 9.08. The molecule has 1 aromatic rings. The zero-order valence-corrected chi connectivity index (χ0v) is 14.8. The number of benzene rings is 1. The number of carboxylic acid groups (broad SMARTS) is 1. The van der Waals surface area contributed by atoms with E-state index in [2.05, 4.69) is 12.1 Å². The Morgan fingerprint density at radius 2 is 1.52 bits per heavy atom. The van der Waals surface area contributed by atoms with Gasteiger partial charge in [0.15, 0.2) is 0 Å². The number of rotatable bonds is 4. The third-order valence-corrected chi connectivity index (χ3v) is 5.82. The monoisotopic (exact) mass is 345 g/mol. The van der Waals surface area contributed by atoms with Crippen LogP contribution in [0.15, 0.2) is 24.3 Å². The number of carbonyl (C=O) groups is 2. The van der Waals surface area contributed by atoms with Crippen molar-refractivity contribution in [2.45, 2.75) is 44.4 Å². The molecule has 1 N–H and O–H groups in total. The number of carbonyl (C=O) groups excluding carboxylic acids is 1. The van der Waals surface area contributed by atoms with Crippen molar-refractivity contribution < 1.29 is 19.4 Å². The van der Waals surface area contributed by atoms with Gasteiger partial charge in [-0.3, -0.25) is 9.59 Å². The SMILES string of the molecule is COc1ccc(C2CCN(C(=O)C3CCC(C(=O)O)CC3)CC2)cc1. The fraction of sp³-hybridized carbons (Fsp3) is 0.600. The summed E-state index contributed by atoms with van der Waals surface area (Å²) in [5.41, 5.74) is 1.31. The molecule has 136 valence electrons. The van der Waals surface area contributed by atoms with E-state index in [9.17, 15) is 9.59 Å². The predicted octanol–water partition coefficient (Wildman–Crippen LogP) is 3.29. The molecule has 1 aliphatic carbocycles. The molecule has 5 heteroatoms. The number of likely N-dealkylation sites (tertiary alicyclic amines) is 1. The Morgan fingerprint density at radius 3 is 2.04 bits per heavy atom. The molecule has 0 bridgehead atoms. The third kappa shape index (κ3) is 4.14. The summed E-state index contributed by atoms with van der Waals surface area (Å²) in [7, 11) is 1.67. The van der Waals surface area contributed by atoms with Crippen molar-refractivity contribution in [1.82, 2.24) is 4.90 Å². The second-order valence-electron chi connectivity index (χ2n) is 7.26. The highest BCUT2D eigenvalue weighted by Crippen LogP contribution is 2.33. The number of ether oxygens (including phenoxy) is 1. The largest absolute Gasteiger partial charge is 0.497 e. The van der Waals surface area contributed by atoms with E-state index < -0.39 is 5.97 Å². The Labute approximate surface area is 149 Å². The highest BCUT2D eigenvalue weighted by molar-refractivity contribution is 5.79. The van der Waals surface area contributed by atoms with Gasteiger partial charge in [-0.05, 0) is 62.1 Å². The molecule has 2 aliphatic rings. The minimum atomic E-state index is -0.716. The fourth-order valence-electron chi connectivity index (χ4n) is 4.15. The van der Waals surface area contributed by atoms with E-state index >= 15 is 0 Å². The Hall–Kier alpha value is -2.04. The minimum absolute atomic E-state index is 0.0214. The molecule has 25 heavy (non-hydrogen) atoms. The van der Waals surface area contributed by atoms with Crippen molar-refractivity contribution in [3.63, 3.8) is 0 Å². The van der Waals surface area contributed by atoms with Gasteiger partial charge in [0, 0.05) is 19.0 Å². The Morgan fingerprint density at radius 1 is 0.960 bits per heavy atom. The molecule has 0 spiro atoms. The van der Waals surface area contributed by atoms with E-state index in [1.165, 1.54) is 5.56 Å². The first-order valence-electron chi connectivity index (χ1n) is 9.24. The lowest BCUT2D eigenvalue weighted by Gasteiger charge is -2.36. The highest BCUT2D eigenvalue weighted by Gasteiger charge is 2.33. The average Bonchev–Trinajstić information content (AvgIpc) is 2.67. The molecule has 2 fully saturated rings. The maximum Gasteiger partial charge on any atom is 0.306 e. The van der Waals surface area contributed by atoms with Crippen LogP contribution in [0.4, 0.5) is 0 Å². The van der Waals surface area contributed by atoms with E-state index in [0.717, 1.165) is 31.7 Å².